The lowest BCUT2D eigenvalue weighted by Gasteiger charge is -2.33. The van der Waals surface area contributed by atoms with Crippen LogP contribution in [-0.4, -0.2) is 64.4 Å². The second-order valence-electron chi connectivity index (χ2n) is 5.94. The fourth-order valence-corrected chi connectivity index (χ4v) is 2.95. The van der Waals surface area contributed by atoms with E-state index in [1.165, 1.54) is 26.6 Å². The van der Waals surface area contributed by atoms with Crippen molar-refractivity contribution in [2.75, 3.05) is 32.8 Å². The third-order valence-corrected chi connectivity index (χ3v) is 4.31. The maximum atomic E-state index is 13.5. The van der Waals surface area contributed by atoms with Crippen LogP contribution in [0, 0.1) is 5.82 Å². The van der Waals surface area contributed by atoms with Crippen molar-refractivity contribution in [3.8, 4) is 0 Å². The van der Waals surface area contributed by atoms with E-state index in [1.54, 1.807) is 14.0 Å². The van der Waals surface area contributed by atoms with E-state index in [4.69, 9.17) is 4.74 Å². The van der Waals surface area contributed by atoms with Crippen LogP contribution in [0.3, 0.4) is 0 Å². The molecule has 8 nitrogen and oxygen atoms in total. The van der Waals surface area contributed by atoms with E-state index >= 15 is 0 Å². The first-order valence-corrected chi connectivity index (χ1v) is 8.30. The van der Waals surface area contributed by atoms with E-state index < -0.39 is 23.2 Å². The highest BCUT2D eigenvalue weighted by Crippen LogP contribution is 2.13. The van der Waals surface area contributed by atoms with Gasteiger partial charge in [-0.05, 0) is 25.1 Å². The number of benzene rings is 1. The Morgan fingerprint density at radius 1 is 1.19 bits per heavy atom. The predicted molar refractivity (Wildman–Crippen MR) is 91.4 cm³/mol. The molecule has 0 radical (unpaired) electrons. The maximum Gasteiger partial charge on any atom is 0.409 e. The molecule has 0 atom stereocenters. The molecular formula is C17H19FN4O4. The average Bonchev–Trinajstić information content (AvgIpc) is 2.64. The van der Waals surface area contributed by atoms with Gasteiger partial charge in [0, 0.05) is 33.2 Å². The Balaban J connectivity index is 1.84. The number of fused-ring (bicyclic) bond motifs is 1. The third-order valence-electron chi connectivity index (χ3n) is 4.31. The van der Waals surface area contributed by atoms with E-state index in [0.29, 0.717) is 18.6 Å². The van der Waals surface area contributed by atoms with Crippen molar-refractivity contribution < 1.29 is 18.7 Å². The molecule has 1 aromatic heterocycles. The van der Waals surface area contributed by atoms with Crippen LogP contribution in [0.4, 0.5) is 9.18 Å². The molecule has 0 aliphatic carbocycles. The van der Waals surface area contributed by atoms with Crippen molar-refractivity contribution in [3.05, 3.63) is 39.9 Å². The molecule has 138 valence electrons. The Labute approximate surface area is 148 Å². The van der Waals surface area contributed by atoms with Crippen molar-refractivity contribution in [3.63, 3.8) is 0 Å². The summed E-state index contributed by atoms with van der Waals surface area (Å²) in [4.78, 5) is 40.0. The monoisotopic (exact) mass is 362 g/mol. The number of hydrogen-bond acceptors (Lipinski definition) is 5. The quantitative estimate of drug-likeness (QED) is 0.795. The van der Waals surface area contributed by atoms with Crippen molar-refractivity contribution >= 4 is 22.9 Å². The number of carbonyl (C=O) groups excluding carboxylic acids is 2. The molecule has 26 heavy (non-hydrogen) atoms. The number of rotatable bonds is 2. The number of amides is 2. The van der Waals surface area contributed by atoms with Crippen LogP contribution in [0.2, 0.25) is 0 Å². The molecule has 0 bridgehead atoms. The summed E-state index contributed by atoms with van der Waals surface area (Å²) in [5.74, 6) is -1.08. The molecule has 2 amide bonds. The van der Waals surface area contributed by atoms with Crippen molar-refractivity contribution in [1.29, 1.82) is 0 Å². The lowest BCUT2D eigenvalue weighted by molar-refractivity contribution is 0.0563. The molecule has 2 heterocycles. The molecule has 1 saturated heterocycles. The normalized spacial score (nSPS) is 14.6. The smallest absolute Gasteiger partial charge is 0.409 e. The molecule has 2 aromatic rings. The van der Waals surface area contributed by atoms with E-state index in [1.807, 2.05) is 0 Å². The number of ether oxygens (including phenoxy) is 1. The molecule has 1 aromatic carbocycles. The van der Waals surface area contributed by atoms with E-state index in [9.17, 15) is 18.8 Å². The molecule has 1 aliphatic rings. The van der Waals surface area contributed by atoms with Crippen LogP contribution >= 0.6 is 0 Å². The summed E-state index contributed by atoms with van der Waals surface area (Å²) in [5, 5.41) is 4.18. The van der Waals surface area contributed by atoms with Crippen LogP contribution in [0.1, 0.15) is 17.4 Å². The summed E-state index contributed by atoms with van der Waals surface area (Å²) >= 11 is 0. The molecular weight excluding hydrogens is 343 g/mol. The Kier molecular flexibility index (Phi) is 4.88. The summed E-state index contributed by atoms with van der Waals surface area (Å²) in [7, 11) is 1.59. The zero-order chi connectivity index (χ0) is 18.8. The van der Waals surface area contributed by atoms with Crippen molar-refractivity contribution in [2.45, 2.75) is 6.92 Å². The Morgan fingerprint density at radius 3 is 2.50 bits per heavy atom. The van der Waals surface area contributed by atoms with Gasteiger partial charge in [-0.1, -0.05) is 0 Å². The van der Waals surface area contributed by atoms with Gasteiger partial charge in [-0.3, -0.25) is 14.3 Å². The average molecular weight is 362 g/mol. The van der Waals surface area contributed by atoms with E-state index in [0.717, 1.165) is 6.07 Å². The second kappa shape index (κ2) is 7.11. The maximum absolute atomic E-state index is 13.5. The van der Waals surface area contributed by atoms with Gasteiger partial charge < -0.3 is 14.5 Å². The zero-order valence-corrected chi connectivity index (χ0v) is 14.6. The number of nitrogens with zero attached hydrogens (tertiary/aromatic N) is 4. The first-order valence-electron chi connectivity index (χ1n) is 8.30. The number of hydrogen-bond donors (Lipinski definition) is 0. The fourth-order valence-electron chi connectivity index (χ4n) is 2.95. The Hall–Kier alpha value is -2.97. The summed E-state index contributed by atoms with van der Waals surface area (Å²) < 4.78 is 19.8. The van der Waals surface area contributed by atoms with Gasteiger partial charge in [-0.15, -0.1) is 0 Å². The van der Waals surface area contributed by atoms with Crippen molar-refractivity contribution in [1.82, 2.24) is 19.6 Å². The number of aromatic nitrogens is 2. The highest BCUT2D eigenvalue weighted by Gasteiger charge is 2.28. The standard InChI is InChI=1S/C17H19FN4O4/c1-3-26-17(25)22-8-6-21(7-9-22)16(24)14-15(23)12-10-11(18)4-5-13(12)20(2)19-14/h4-5,10H,3,6-9H2,1-2H3. The van der Waals surface area contributed by atoms with Gasteiger partial charge >= 0.3 is 6.09 Å². The second-order valence-corrected chi connectivity index (χ2v) is 5.94. The first kappa shape index (κ1) is 17.8. The number of carbonyl (C=O) groups is 2. The van der Waals surface area contributed by atoms with Crippen LogP contribution in [0.25, 0.3) is 10.9 Å². The number of halogens is 1. The Morgan fingerprint density at radius 2 is 1.85 bits per heavy atom. The summed E-state index contributed by atoms with van der Waals surface area (Å²) in [6, 6.07) is 3.79. The lowest BCUT2D eigenvalue weighted by atomic mass is 10.1. The molecule has 1 fully saturated rings. The van der Waals surface area contributed by atoms with Gasteiger partial charge in [0.05, 0.1) is 17.5 Å². The summed E-state index contributed by atoms with van der Waals surface area (Å²) in [5.41, 5.74) is -0.411. The summed E-state index contributed by atoms with van der Waals surface area (Å²) in [6.07, 6.45) is -0.421. The minimum Gasteiger partial charge on any atom is -0.450 e. The van der Waals surface area contributed by atoms with Crippen LogP contribution < -0.4 is 5.43 Å². The van der Waals surface area contributed by atoms with Crippen molar-refractivity contribution in [2.24, 2.45) is 7.05 Å². The van der Waals surface area contributed by atoms with Gasteiger partial charge in [0.1, 0.15) is 5.82 Å². The SMILES string of the molecule is CCOC(=O)N1CCN(C(=O)c2nn(C)c3ccc(F)cc3c2=O)CC1. The largest absolute Gasteiger partial charge is 0.450 e. The van der Waals surface area contributed by atoms with Gasteiger partial charge in [0.2, 0.25) is 5.43 Å². The lowest BCUT2D eigenvalue weighted by Crippen LogP contribution is -2.51. The fraction of sp³-hybridized carbons (Fsp3) is 0.412. The predicted octanol–water partition coefficient (Wildman–Crippen LogP) is 0.987. The molecule has 0 saturated carbocycles. The van der Waals surface area contributed by atoms with Gasteiger partial charge in [-0.2, -0.15) is 5.10 Å². The molecule has 1 aliphatic heterocycles. The van der Waals surface area contributed by atoms with Gasteiger partial charge in [0.25, 0.3) is 5.91 Å². The van der Waals surface area contributed by atoms with Gasteiger partial charge in [-0.25, -0.2) is 9.18 Å². The number of aryl methyl sites for hydroxylation is 1. The van der Waals surface area contributed by atoms with Crippen LogP contribution in [0.5, 0.6) is 0 Å². The van der Waals surface area contributed by atoms with Crippen LogP contribution in [-0.2, 0) is 11.8 Å². The van der Waals surface area contributed by atoms with Gasteiger partial charge in [0.15, 0.2) is 5.69 Å². The summed E-state index contributed by atoms with van der Waals surface area (Å²) in [6.45, 7) is 3.17. The highest BCUT2D eigenvalue weighted by atomic mass is 19.1. The third kappa shape index (κ3) is 3.24. The topological polar surface area (TPSA) is 84.7 Å². The minimum absolute atomic E-state index is 0.107. The molecule has 0 N–H and O–H groups in total. The Bertz CT molecular complexity index is 919. The zero-order valence-electron chi connectivity index (χ0n) is 14.6. The molecule has 9 heteroatoms. The molecule has 0 spiro atoms. The minimum atomic E-state index is -0.601. The highest BCUT2D eigenvalue weighted by molar-refractivity contribution is 5.95. The molecule has 3 rings (SSSR count). The number of piperazine rings is 1. The van der Waals surface area contributed by atoms with E-state index in [-0.39, 0.29) is 30.8 Å². The first-order chi connectivity index (χ1) is 12.4. The molecule has 0 unspecified atom stereocenters. The van der Waals surface area contributed by atoms with Crippen LogP contribution in [0.15, 0.2) is 23.0 Å². The van der Waals surface area contributed by atoms with E-state index in [2.05, 4.69) is 5.10 Å².